The van der Waals surface area contributed by atoms with Gasteiger partial charge in [0.15, 0.2) is 5.78 Å². The first-order valence-electron chi connectivity index (χ1n) is 6.85. The molecule has 1 aromatic rings. The van der Waals surface area contributed by atoms with Crippen molar-refractivity contribution in [3.63, 3.8) is 0 Å². The van der Waals surface area contributed by atoms with Crippen molar-refractivity contribution in [2.24, 2.45) is 17.8 Å². The number of hydrogen-bond acceptors (Lipinski definition) is 1. The Morgan fingerprint density at radius 3 is 3.00 bits per heavy atom. The fourth-order valence-electron chi connectivity index (χ4n) is 3.97. The molecule has 0 radical (unpaired) electrons. The molecule has 0 heterocycles. The van der Waals surface area contributed by atoms with Gasteiger partial charge in [-0.3, -0.25) is 4.79 Å². The molecular weight excluding hydrogens is 220 g/mol. The number of allylic oxidation sites excluding steroid dienone is 4. The molecule has 3 atom stereocenters. The fraction of sp³-hybridized carbons (Fsp3) is 0.353. The second-order valence-electron chi connectivity index (χ2n) is 5.65. The third-order valence-electron chi connectivity index (χ3n) is 4.79. The van der Waals surface area contributed by atoms with Crippen molar-refractivity contribution < 1.29 is 4.79 Å². The Morgan fingerprint density at radius 1 is 1.17 bits per heavy atom. The van der Waals surface area contributed by atoms with Gasteiger partial charge in [0.05, 0.1) is 0 Å². The van der Waals surface area contributed by atoms with E-state index in [-0.39, 0.29) is 5.92 Å². The van der Waals surface area contributed by atoms with Gasteiger partial charge in [0.25, 0.3) is 0 Å². The van der Waals surface area contributed by atoms with E-state index in [0.717, 1.165) is 19.3 Å². The Morgan fingerprint density at radius 2 is 2.06 bits per heavy atom. The van der Waals surface area contributed by atoms with Crippen molar-refractivity contribution >= 4 is 11.4 Å². The van der Waals surface area contributed by atoms with Crippen molar-refractivity contribution in [1.29, 1.82) is 0 Å². The van der Waals surface area contributed by atoms with Crippen molar-refractivity contribution in [3.8, 4) is 0 Å². The third-order valence-corrected chi connectivity index (χ3v) is 4.79. The molecule has 0 saturated heterocycles. The molecule has 1 nitrogen and oxygen atoms in total. The first kappa shape index (κ1) is 10.3. The molecule has 1 aromatic carbocycles. The molecule has 3 aliphatic rings. The average Bonchev–Trinajstić information content (AvgIpc) is 2.80. The first-order valence-corrected chi connectivity index (χ1v) is 6.85. The summed E-state index contributed by atoms with van der Waals surface area (Å²) in [5, 5.41) is 0. The second kappa shape index (κ2) is 3.68. The summed E-state index contributed by atoms with van der Waals surface area (Å²) < 4.78 is 0. The van der Waals surface area contributed by atoms with E-state index >= 15 is 0 Å². The van der Waals surface area contributed by atoms with E-state index in [1.807, 2.05) is 6.08 Å². The Kier molecular flexibility index (Phi) is 2.11. The third kappa shape index (κ3) is 1.30. The topological polar surface area (TPSA) is 17.1 Å². The molecule has 0 bridgehead atoms. The highest BCUT2D eigenvalue weighted by molar-refractivity contribution is 5.97. The highest BCUT2D eigenvalue weighted by Crippen LogP contribution is 2.48. The van der Waals surface area contributed by atoms with Gasteiger partial charge >= 0.3 is 0 Å². The molecule has 4 rings (SSSR count). The van der Waals surface area contributed by atoms with Gasteiger partial charge in [-0.25, -0.2) is 0 Å². The summed E-state index contributed by atoms with van der Waals surface area (Å²) in [6.07, 6.45) is 9.61. The van der Waals surface area contributed by atoms with Crippen molar-refractivity contribution in [2.45, 2.75) is 19.3 Å². The lowest BCUT2D eigenvalue weighted by Gasteiger charge is -2.37. The summed E-state index contributed by atoms with van der Waals surface area (Å²) in [5.41, 5.74) is 4.29. The van der Waals surface area contributed by atoms with Crippen LogP contribution in [0.15, 0.2) is 42.5 Å². The number of benzene rings is 1. The highest BCUT2D eigenvalue weighted by Gasteiger charge is 2.42. The van der Waals surface area contributed by atoms with Crippen LogP contribution in [0.5, 0.6) is 0 Å². The van der Waals surface area contributed by atoms with Gasteiger partial charge in [-0.2, -0.15) is 0 Å². The van der Waals surface area contributed by atoms with Crippen LogP contribution in [-0.4, -0.2) is 5.78 Å². The zero-order chi connectivity index (χ0) is 12.1. The lowest BCUT2D eigenvalue weighted by atomic mass is 9.66. The van der Waals surface area contributed by atoms with Crippen molar-refractivity contribution in [1.82, 2.24) is 0 Å². The number of carbonyl (C=O) groups is 1. The smallest absolute Gasteiger partial charge is 0.159 e. The largest absolute Gasteiger partial charge is 0.295 e. The van der Waals surface area contributed by atoms with Gasteiger partial charge in [0, 0.05) is 5.92 Å². The Labute approximate surface area is 107 Å². The molecule has 90 valence electrons. The minimum atomic E-state index is 0.235. The molecule has 0 saturated carbocycles. The van der Waals surface area contributed by atoms with Gasteiger partial charge in [-0.05, 0) is 53.9 Å². The van der Waals surface area contributed by atoms with Crippen LogP contribution in [0.3, 0.4) is 0 Å². The molecular formula is C17H16O. The van der Waals surface area contributed by atoms with Gasteiger partial charge < -0.3 is 0 Å². The minimum Gasteiger partial charge on any atom is -0.295 e. The molecule has 0 aromatic heterocycles. The number of ketones is 1. The van der Waals surface area contributed by atoms with Crippen molar-refractivity contribution in [3.05, 3.63) is 53.6 Å². The maximum atomic E-state index is 12.1. The van der Waals surface area contributed by atoms with E-state index in [2.05, 4.69) is 36.4 Å². The predicted octanol–water partition coefficient (Wildman–Crippen LogP) is 3.41. The Balaban J connectivity index is 1.82. The van der Waals surface area contributed by atoms with Crippen LogP contribution < -0.4 is 0 Å². The SMILES string of the molecule is O=C1C=C[C@H]2CC=C3c4ccccc4CC[C@H]3[C@@H]12. The number of aryl methyl sites for hydroxylation is 1. The summed E-state index contributed by atoms with van der Waals surface area (Å²) in [6.45, 7) is 0. The van der Waals surface area contributed by atoms with Gasteiger partial charge in [0.1, 0.15) is 0 Å². The van der Waals surface area contributed by atoms with E-state index in [4.69, 9.17) is 0 Å². The maximum absolute atomic E-state index is 12.1. The van der Waals surface area contributed by atoms with Crippen LogP contribution in [0.4, 0.5) is 0 Å². The van der Waals surface area contributed by atoms with E-state index in [0.29, 0.717) is 17.6 Å². The monoisotopic (exact) mass is 236 g/mol. The molecule has 1 heteroatoms. The lowest BCUT2D eigenvalue weighted by molar-refractivity contribution is -0.119. The molecule has 0 amide bonds. The van der Waals surface area contributed by atoms with E-state index in [9.17, 15) is 4.79 Å². The van der Waals surface area contributed by atoms with Gasteiger partial charge in [-0.15, -0.1) is 0 Å². The van der Waals surface area contributed by atoms with Crippen LogP contribution >= 0.6 is 0 Å². The molecule has 0 spiro atoms. The van der Waals surface area contributed by atoms with E-state index < -0.39 is 0 Å². The van der Waals surface area contributed by atoms with Gasteiger partial charge in [-0.1, -0.05) is 36.4 Å². The molecule has 0 N–H and O–H groups in total. The lowest BCUT2D eigenvalue weighted by Crippen LogP contribution is -2.32. The summed E-state index contributed by atoms with van der Waals surface area (Å²) >= 11 is 0. The highest BCUT2D eigenvalue weighted by atomic mass is 16.1. The van der Waals surface area contributed by atoms with Crippen LogP contribution in [-0.2, 0) is 11.2 Å². The van der Waals surface area contributed by atoms with Crippen LogP contribution in [0, 0.1) is 17.8 Å². The molecule has 18 heavy (non-hydrogen) atoms. The van der Waals surface area contributed by atoms with E-state index in [1.165, 1.54) is 16.7 Å². The molecule has 0 fully saturated rings. The number of hydrogen-bond donors (Lipinski definition) is 0. The van der Waals surface area contributed by atoms with Crippen molar-refractivity contribution in [2.75, 3.05) is 0 Å². The zero-order valence-electron chi connectivity index (χ0n) is 10.3. The van der Waals surface area contributed by atoms with Crippen LogP contribution in [0.2, 0.25) is 0 Å². The Bertz CT molecular complexity index is 579. The summed E-state index contributed by atoms with van der Waals surface area (Å²) in [7, 11) is 0. The second-order valence-corrected chi connectivity index (χ2v) is 5.65. The molecule has 0 aliphatic heterocycles. The normalized spacial score (nSPS) is 32.6. The molecule has 3 aliphatic carbocycles. The minimum absolute atomic E-state index is 0.235. The summed E-state index contributed by atoms with van der Waals surface area (Å²) in [6, 6.07) is 8.68. The van der Waals surface area contributed by atoms with Crippen LogP contribution in [0.25, 0.3) is 5.57 Å². The predicted molar refractivity (Wildman–Crippen MR) is 72.0 cm³/mol. The fourth-order valence-corrected chi connectivity index (χ4v) is 3.97. The number of rotatable bonds is 0. The standard InChI is InChI=1S/C17H16O/c18-16-10-7-12-6-8-14-13-4-2-1-3-11(13)5-9-15(14)17(12)16/h1-4,7-8,10,12,15,17H,5-6,9H2/t12-,15-,17+/m1/s1. The quantitative estimate of drug-likeness (QED) is 0.674. The zero-order valence-corrected chi connectivity index (χ0v) is 10.3. The summed E-state index contributed by atoms with van der Waals surface area (Å²) in [5.74, 6) is 1.52. The average molecular weight is 236 g/mol. The summed E-state index contributed by atoms with van der Waals surface area (Å²) in [4.78, 5) is 12.1. The maximum Gasteiger partial charge on any atom is 0.159 e. The number of fused-ring (bicyclic) bond motifs is 5. The number of carbonyl (C=O) groups excluding carboxylic acids is 1. The van der Waals surface area contributed by atoms with Crippen LogP contribution in [0.1, 0.15) is 24.0 Å². The molecule has 0 unspecified atom stereocenters. The van der Waals surface area contributed by atoms with E-state index in [1.54, 1.807) is 0 Å². The first-order chi connectivity index (χ1) is 8.84. The van der Waals surface area contributed by atoms with Gasteiger partial charge in [0.2, 0.25) is 0 Å². The Hall–Kier alpha value is -1.63.